The number of aliphatic hydroxyl groups is 1. The van der Waals surface area contributed by atoms with Gasteiger partial charge in [0.2, 0.25) is 0 Å². The quantitative estimate of drug-likeness (QED) is 0.684. The van der Waals surface area contributed by atoms with Crippen LogP contribution < -0.4 is 5.32 Å². The van der Waals surface area contributed by atoms with Crippen molar-refractivity contribution in [1.82, 2.24) is 5.32 Å². The fourth-order valence-corrected chi connectivity index (χ4v) is 2.25. The number of halogens is 1. The van der Waals surface area contributed by atoms with E-state index < -0.39 is 0 Å². The first-order valence-electron chi connectivity index (χ1n) is 6.81. The van der Waals surface area contributed by atoms with Gasteiger partial charge in [-0.25, -0.2) is 0 Å². The van der Waals surface area contributed by atoms with Crippen molar-refractivity contribution >= 4 is 15.9 Å². The number of benzene rings is 1. The van der Waals surface area contributed by atoms with Crippen LogP contribution in [0, 0.1) is 0 Å². The van der Waals surface area contributed by atoms with E-state index in [2.05, 4.69) is 52.4 Å². The number of aliphatic hydroxyl groups excluding tert-OH is 1. The molecule has 18 heavy (non-hydrogen) atoms. The molecule has 1 aromatic carbocycles. The van der Waals surface area contributed by atoms with E-state index in [1.807, 2.05) is 0 Å². The zero-order valence-electron chi connectivity index (χ0n) is 11.2. The third-order valence-electron chi connectivity index (χ3n) is 3.03. The molecule has 0 bridgehead atoms. The highest BCUT2D eigenvalue weighted by Crippen LogP contribution is 2.11. The molecule has 2 nitrogen and oxygen atoms in total. The first kappa shape index (κ1) is 15.7. The van der Waals surface area contributed by atoms with Gasteiger partial charge in [0.25, 0.3) is 0 Å². The van der Waals surface area contributed by atoms with Gasteiger partial charge in [0.05, 0.1) is 0 Å². The highest BCUT2D eigenvalue weighted by molar-refractivity contribution is 9.10. The molecule has 0 radical (unpaired) electrons. The Balaban J connectivity index is 2.10. The highest BCUT2D eigenvalue weighted by Gasteiger charge is 2.02. The molecular weight excluding hydrogens is 290 g/mol. The molecule has 0 aliphatic heterocycles. The molecule has 0 saturated heterocycles. The van der Waals surface area contributed by atoms with Crippen LogP contribution in [0.25, 0.3) is 0 Å². The van der Waals surface area contributed by atoms with Crippen LogP contribution in [0.5, 0.6) is 0 Å². The molecule has 0 aromatic heterocycles. The lowest BCUT2D eigenvalue weighted by Gasteiger charge is -2.13. The number of hydrogen-bond acceptors (Lipinski definition) is 2. The molecule has 0 spiro atoms. The van der Waals surface area contributed by atoms with Crippen molar-refractivity contribution in [2.75, 3.05) is 13.2 Å². The van der Waals surface area contributed by atoms with Gasteiger partial charge in [-0.05, 0) is 50.4 Å². The summed E-state index contributed by atoms with van der Waals surface area (Å²) in [5.74, 6) is 0. The first-order chi connectivity index (χ1) is 8.72. The van der Waals surface area contributed by atoms with Crippen LogP contribution in [-0.2, 0) is 6.42 Å². The summed E-state index contributed by atoms with van der Waals surface area (Å²) in [6.45, 7) is 3.63. The van der Waals surface area contributed by atoms with E-state index in [9.17, 15) is 0 Å². The maximum Gasteiger partial charge on any atom is 0.0431 e. The van der Waals surface area contributed by atoms with E-state index in [1.54, 1.807) is 0 Å². The van der Waals surface area contributed by atoms with Crippen molar-refractivity contribution in [3.8, 4) is 0 Å². The van der Waals surface area contributed by atoms with Gasteiger partial charge in [0.15, 0.2) is 0 Å². The predicted molar refractivity (Wildman–Crippen MR) is 80.9 cm³/mol. The summed E-state index contributed by atoms with van der Waals surface area (Å²) in [6.07, 6.45) is 5.56. The van der Waals surface area contributed by atoms with Crippen LogP contribution in [-0.4, -0.2) is 24.3 Å². The Morgan fingerprint density at radius 3 is 2.44 bits per heavy atom. The molecule has 0 aliphatic rings. The average Bonchev–Trinajstić information content (AvgIpc) is 2.36. The van der Waals surface area contributed by atoms with Gasteiger partial charge < -0.3 is 10.4 Å². The summed E-state index contributed by atoms with van der Waals surface area (Å²) >= 11 is 3.45. The highest BCUT2D eigenvalue weighted by atomic mass is 79.9. The molecule has 102 valence electrons. The average molecular weight is 314 g/mol. The Bertz CT molecular complexity index is 313. The summed E-state index contributed by atoms with van der Waals surface area (Å²) in [4.78, 5) is 0. The van der Waals surface area contributed by atoms with Crippen molar-refractivity contribution < 1.29 is 5.11 Å². The van der Waals surface area contributed by atoms with Crippen LogP contribution >= 0.6 is 15.9 Å². The second-order valence-electron chi connectivity index (χ2n) is 4.82. The van der Waals surface area contributed by atoms with Gasteiger partial charge >= 0.3 is 0 Å². The number of unbranched alkanes of at least 4 members (excludes halogenated alkanes) is 3. The molecule has 3 heteroatoms. The number of rotatable bonds is 9. The Morgan fingerprint density at radius 2 is 1.78 bits per heavy atom. The minimum atomic E-state index is 0.327. The van der Waals surface area contributed by atoms with Crippen molar-refractivity contribution in [2.24, 2.45) is 0 Å². The molecule has 0 fully saturated rings. The second kappa shape index (κ2) is 9.54. The first-order valence-corrected chi connectivity index (χ1v) is 7.60. The van der Waals surface area contributed by atoms with Gasteiger partial charge in [0.1, 0.15) is 0 Å². The molecule has 0 amide bonds. The minimum Gasteiger partial charge on any atom is -0.396 e. The Kier molecular flexibility index (Phi) is 8.31. The lowest BCUT2D eigenvalue weighted by atomic mass is 10.1. The molecule has 1 aromatic rings. The molecule has 1 atom stereocenters. The smallest absolute Gasteiger partial charge is 0.0431 e. The summed E-state index contributed by atoms with van der Waals surface area (Å²) in [6, 6.07) is 9.05. The topological polar surface area (TPSA) is 32.3 Å². The maximum absolute atomic E-state index is 8.68. The van der Waals surface area contributed by atoms with E-state index in [-0.39, 0.29) is 0 Å². The Hall–Kier alpha value is -0.380. The van der Waals surface area contributed by atoms with Crippen LogP contribution in [0.4, 0.5) is 0 Å². The third-order valence-corrected chi connectivity index (χ3v) is 3.56. The molecule has 0 aliphatic carbocycles. The fraction of sp³-hybridized carbons (Fsp3) is 0.600. The molecule has 2 N–H and O–H groups in total. The summed E-state index contributed by atoms with van der Waals surface area (Å²) in [5, 5.41) is 12.2. The van der Waals surface area contributed by atoms with E-state index >= 15 is 0 Å². The molecule has 1 unspecified atom stereocenters. The number of hydrogen-bond donors (Lipinski definition) is 2. The molecule has 0 saturated carbocycles. The molecular formula is C15H24BrNO. The second-order valence-corrected chi connectivity index (χ2v) is 5.74. The van der Waals surface area contributed by atoms with Crippen LogP contribution in [0.1, 0.15) is 38.2 Å². The minimum absolute atomic E-state index is 0.327. The standard InChI is InChI=1S/C15H24BrNO/c1-13(17-10-4-2-3-5-11-18)12-14-6-8-15(16)9-7-14/h6-9,13,17-18H,2-5,10-12H2,1H3. The Morgan fingerprint density at radius 1 is 1.11 bits per heavy atom. The van der Waals surface area contributed by atoms with E-state index in [4.69, 9.17) is 5.11 Å². The SMILES string of the molecule is CC(Cc1ccc(Br)cc1)NCCCCCCO. The summed E-state index contributed by atoms with van der Waals surface area (Å²) in [5.41, 5.74) is 1.37. The lowest BCUT2D eigenvalue weighted by molar-refractivity contribution is 0.282. The zero-order chi connectivity index (χ0) is 13.2. The third kappa shape index (κ3) is 7.14. The van der Waals surface area contributed by atoms with Gasteiger partial charge in [-0.1, -0.05) is 40.9 Å². The van der Waals surface area contributed by atoms with Crippen LogP contribution in [0.2, 0.25) is 0 Å². The van der Waals surface area contributed by atoms with Gasteiger partial charge in [-0.15, -0.1) is 0 Å². The van der Waals surface area contributed by atoms with Gasteiger partial charge in [-0.3, -0.25) is 0 Å². The summed E-state index contributed by atoms with van der Waals surface area (Å²) < 4.78 is 1.13. The van der Waals surface area contributed by atoms with Crippen molar-refractivity contribution in [3.05, 3.63) is 34.3 Å². The van der Waals surface area contributed by atoms with Crippen molar-refractivity contribution in [3.63, 3.8) is 0 Å². The van der Waals surface area contributed by atoms with Crippen LogP contribution in [0.3, 0.4) is 0 Å². The number of nitrogens with one attached hydrogen (secondary N) is 1. The molecule has 1 rings (SSSR count). The fourth-order valence-electron chi connectivity index (χ4n) is 1.99. The summed E-state index contributed by atoms with van der Waals surface area (Å²) in [7, 11) is 0. The van der Waals surface area contributed by atoms with Crippen LogP contribution in [0.15, 0.2) is 28.7 Å². The van der Waals surface area contributed by atoms with Crippen molar-refractivity contribution in [2.45, 2.75) is 45.1 Å². The largest absolute Gasteiger partial charge is 0.396 e. The Labute approximate surface area is 119 Å². The normalized spacial score (nSPS) is 12.6. The van der Waals surface area contributed by atoms with Crippen molar-refractivity contribution in [1.29, 1.82) is 0 Å². The zero-order valence-corrected chi connectivity index (χ0v) is 12.7. The lowest BCUT2D eigenvalue weighted by Crippen LogP contribution is -2.28. The van der Waals surface area contributed by atoms with Gasteiger partial charge in [-0.2, -0.15) is 0 Å². The van der Waals surface area contributed by atoms with E-state index in [1.165, 1.54) is 18.4 Å². The monoisotopic (exact) mass is 313 g/mol. The van der Waals surface area contributed by atoms with E-state index in [0.29, 0.717) is 12.6 Å². The predicted octanol–water partition coefficient (Wildman–Crippen LogP) is 3.52. The van der Waals surface area contributed by atoms with Gasteiger partial charge in [0, 0.05) is 17.1 Å². The van der Waals surface area contributed by atoms with E-state index in [0.717, 1.165) is 30.3 Å². The molecule has 0 heterocycles. The maximum atomic E-state index is 8.68.